The first-order valence-corrected chi connectivity index (χ1v) is 27.3. The van der Waals surface area contributed by atoms with Crippen molar-refractivity contribution in [1.29, 1.82) is 0 Å². The van der Waals surface area contributed by atoms with E-state index in [0.717, 1.165) is 24.9 Å². The van der Waals surface area contributed by atoms with Crippen LogP contribution in [0.25, 0.3) is 5.57 Å². The summed E-state index contributed by atoms with van der Waals surface area (Å²) in [5.41, 5.74) is 1.64. The van der Waals surface area contributed by atoms with E-state index in [1.54, 1.807) is 13.0 Å². The molecule has 6 rings (SSSR count). The molecule has 0 spiro atoms. The van der Waals surface area contributed by atoms with Crippen molar-refractivity contribution >= 4 is 70.7 Å². The molecule has 0 aromatic carbocycles. The summed E-state index contributed by atoms with van der Waals surface area (Å²) in [6, 6.07) is -2.35. The van der Waals surface area contributed by atoms with E-state index in [0.29, 0.717) is 71.0 Å². The third-order valence-corrected chi connectivity index (χ3v) is 15.3. The standard InChI is InChI=1S/C52H77N11O16/c1-3-31(2)46(51(77)56-36-11-17-63-16-10-33-24-34(25-35(47(33)63)48(36)74)49(75)57-38-26-45(73)79-52(38)78)58-40(65)7-12-53-39(64)6-13-54-50(76)37(4-5-42(67)68)55-41(66)28-59-14-8-32(9-15-59)27-60-18-20-61(29-43(69)70)22-23-62(21-19-60)30-44(71)72/h10,16,25,31-32,34,36-38,46,52,78H,3-9,11-15,17-24,26-30H2,1-2H3,(H,53,64)(H,54,76)(H,55,66)(H,56,77)(H,57,75)(H,58,65)(H,67,68)(H,69,70)(H,71,72)/t31?,34-,36-,37?,38?,46?,52?/m0/s1. The van der Waals surface area contributed by atoms with Gasteiger partial charge in [0, 0.05) is 96.5 Å². The minimum absolute atomic E-state index is 0.0318. The minimum atomic E-state index is -1.49. The molecule has 10 N–H and O–H groups in total. The first kappa shape index (κ1) is 61.4. The number of piperidine rings is 1. The zero-order valence-electron chi connectivity index (χ0n) is 45.0. The molecule has 0 bridgehead atoms. The summed E-state index contributed by atoms with van der Waals surface area (Å²) >= 11 is 0. The number of Topliss-reactive ketones (excluding diaryl/α,β-unsaturated/α-hetero) is 1. The van der Waals surface area contributed by atoms with Gasteiger partial charge in [0.25, 0.3) is 0 Å². The van der Waals surface area contributed by atoms with Crippen LogP contribution < -0.4 is 31.9 Å². The van der Waals surface area contributed by atoms with Crippen molar-refractivity contribution in [2.45, 2.75) is 115 Å². The predicted molar refractivity (Wildman–Crippen MR) is 279 cm³/mol. The van der Waals surface area contributed by atoms with Crippen molar-refractivity contribution in [3.05, 3.63) is 29.6 Å². The number of carboxylic acid groups (broad SMARTS) is 3. The molecule has 0 radical (unpaired) electrons. The topological polar surface area (TPSA) is 368 Å². The van der Waals surface area contributed by atoms with Gasteiger partial charge in [-0.2, -0.15) is 0 Å². The number of ether oxygens (including phenoxy) is 1. The Morgan fingerprint density at radius 3 is 1.91 bits per heavy atom. The zero-order valence-corrected chi connectivity index (χ0v) is 45.0. The summed E-state index contributed by atoms with van der Waals surface area (Å²) < 4.78 is 6.63. The van der Waals surface area contributed by atoms with Gasteiger partial charge in [-0.25, -0.2) is 0 Å². The van der Waals surface area contributed by atoms with Crippen molar-refractivity contribution < 1.29 is 77.9 Å². The summed E-state index contributed by atoms with van der Waals surface area (Å²) in [5, 5.41) is 54.2. The average Bonchev–Trinajstić information content (AvgIpc) is 4.19. The van der Waals surface area contributed by atoms with Gasteiger partial charge in [-0.05, 0) is 68.7 Å². The number of amides is 6. The first-order valence-electron chi connectivity index (χ1n) is 27.3. The molecule has 1 aromatic heterocycles. The van der Waals surface area contributed by atoms with Crippen LogP contribution in [0.15, 0.2) is 18.3 Å². The van der Waals surface area contributed by atoms with Gasteiger partial charge < -0.3 is 66.5 Å². The number of hydrogen-bond acceptors (Lipinski definition) is 17. The fourth-order valence-electron chi connectivity index (χ4n) is 10.6. The highest BCUT2D eigenvalue weighted by atomic mass is 16.6. The number of ketones is 1. The van der Waals surface area contributed by atoms with Gasteiger partial charge >= 0.3 is 23.9 Å². The molecule has 79 heavy (non-hydrogen) atoms. The maximum atomic E-state index is 14.1. The van der Waals surface area contributed by atoms with Crippen LogP contribution in [-0.2, 0) is 70.4 Å². The lowest BCUT2D eigenvalue weighted by molar-refractivity contribution is -0.155. The maximum absolute atomic E-state index is 14.1. The summed E-state index contributed by atoms with van der Waals surface area (Å²) in [6.07, 6.45) is 3.15. The third-order valence-electron chi connectivity index (χ3n) is 15.3. The second kappa shape index (κ2) is 29.4. The van der Waals surface area contributed by atoms with Crippen LogP contribution in [0.2, 0.25) is 0 Å². The van der Waals surface area contributed by atoms with E-state index in [-0.39, 0.29) is 88.7 Å². The minimum Gasteiger partial charge on any atom is -0.481 e. The van der Waals surface area contributed by atoms with E-state index in [1.807, 2.05) is 38.5 Å². The second-order valence-corrected chi connectivity index (χ2v) is 21.2. The Kier molecular flexibility index (Phi) is 22.9. The van der Waals surface area contributed by atoms with Crippen LogP contribution >= 0.6 is 0 Å². The first-order chi connectivity index (χ1) is 37.6. The molecular formula is C52H77N11O16. The number of carbonyl (C=O) groups is 11. The number of aryl methyl sites for hydroxylation is 1. The second-order valence-electron chi connectivity index (χ2n) is 21.2. The fraction of sp³-hybridized carbons (Fsp3) is 0.673. The molecule has 3 saturated heterocycles. The van der Waals surface area contributed by atoms with Crippen molar-refractivity contribution in [1.82, 2.24) is 56.1 Å². The molecule has 27 heteroatoms. The monoisotopic (exact) mass is 1110 g/mol. The Morgan fingerprint density at radius 2 is 1.30 bits per heavy atom. The Morgan fingerprint density at radius 1 is 0.684 bits per heavy atom. The maximum Gasteiger partial charge on any atom is 0.317 e. The van der Waals surface area contributed by atoms with E-state index < -0.39 is 108 Å². The molecular weight excluding hydrogens is 1030 g/mol. The number of carboxylic acids is 3. The molecule has 0 saturated carbocycles. The van der Waals surface area contributed by atoms with Crippen molar-refractivity contribution in [2.75, 3.05) is 91.6 Å². The van der Waals surface area contributed by atoms with Gasteiger partial charge in [0.15, 0.2) is 5.78 Å². The average molecular weight is 1110 g/mol. The largest absolute Gasteiger partial charge is 0.481 e. The molecule has 5 unspecified atom stereocenters. The number of carbonyl (C=O) groups excluding carboxylic acids is 8. The summed E-state index contributed by atoms with van der Waals surface area (Å²) in [4.78, 5) is 148. The number of aliphatic carboxylic acids is 3. The molecule has 7 atom stereocenters. The van der Waals surface area contributed by atoms with Crippen LogP contribution in [0.1, 0.15) is 82.9 Å². The lowest BCUT2D eigenvalue weighted by atomic mass is 9.85. The molecule has 3 fully saturated rings. The Hall–Kier alpha value is -6.81. The van der Waals surface area contributed by atoms with E-state index in [9.17, 15) is 73.2 Å². The fourth-order valence-corrected chi connectivity index (χ4v) is 10.6. The van der Waals surface area contributed by atoms with Crippen molar-refractivity contribution in [3.63, 3.8) is 0 Å². The highest BCUT2D eigenvalue weighted by Crippen LogP contribution is 2.35. The Bertz CT molecular complexity index is 2410. The molecule has 1 aliphatic carbocycles. The van der Waals surface area contributed by atoms with Gasteiger partial charge in [0.2, 0.25) is 41.7 Å². The van der Waals surface area contributed by atoms with Crippen LogP contribution in [0.3, 0.4) is 0 Å². The summed E-state index contributed by atoms with van der Waals surface area (Å²) in [6.45, 7) is 8.50. The third kappa shape index (κ3) is 18.6. The molecule has 5 heterocycles. The van der Waals surface area contributed by atoms with Gasteiger partial charge in [-0.1, -0.05) is 26.3 Å². The number of aromatic nitrogens is 1. The summed E-state index contributed by atoms with van der Waals surface area (Å²) in [7, 11) is 0. The van der Waals surface area contributed by atoms with Gasteiger partial charge in [0.05, 0.1) is 43.7 Å². The molecule has 6 amide bonds. The van der Waals surface area contributed by atoms with Gasteiger partial charge in [0.1, 0.15) is 18.1 Å². The van der Waals surface area contributed by atoms with E-state index in [2.05, 4.69) is 36.8 Å². The number of aliphatic hydroxyl groups excluding tert-OH is 1. The number of likely N-dealkylation sites (tertiary alicyclic amines) is 1. The van der Waals surface area contributed by atoms with Gasteiger partial charge in [-0.15, -0.1) is 0 Å². The SMILES string of the molecule is CCC(C)C(NC(=O)CCNC(=O)CCNC(=O)C(CCC(=O)O)NC(=O)CN1CCC(CN2CCN(CC(=O)O)CCN(CC(=O)O)CC2)CC1)C(=O)N[C@H]1CCn2ccc3c2C(=C[C@@H](C(=O)NC2CC(=O)OC2O)C3)C1=O. The van der Waals surface area contributed by atoms with Crippen molar-refractivity contribution in [3.8, 4) is 0 Å². The quantitative estimate of drug-likeness (QED) is 0.0412. The number of aliphatic hydroxyl groups is 1. The highest BCUT2D eigenvalue weighted by molar-refractivity contribution is 6.24. The molecule has 5 aliphatic rings. The number of esters is 1. The van der Waals surface area contributed by atoms with E-state index in [4.69, 9.17) is 4.74 Å². The predicted octanol–water partition coefficient (Wildman–Crippen LogP) is -3.05. The van der Waals surface area contributed by atoms with Crippen LogP contribution in [0, 0.1) is 17.8 Å². The van der Waals surface area contributed by atoms with Crippen LogP contribution in [0.5, 0.6) is 0 Å². The normalized spacial score (nSPS) is 22.6. The molecule has 4 aliphatic heterocycles. The summed E-state index contributed by atoms with van der Waals surface area (Å²) in [5.74, 6) is -8.34. The number of rotatable bonds is 26. The number of nitrogens with zero attached hydrogens (tertiary/aromatic N) is 5. The van der Waals surface area contributed by atoms with E-state index >= 15 is 0 Å². The Balaban J connectivity index is 0.911. The molecule has 436 valence electrons. The lowest BCUT2D eigenvalue weighted by Crippen LogP contribution is -2.54. The van der Waals surface area contributed by atoms with Gasteiger partial charge in [-0.3, -0.25) is 67.4 Å². The highest BCUT2D eigenvalue weighted by Gasteiger charge is 2.40. The van der Waals surface area contributed by atoms with Crippen molar-refractivity contribution in [2.24, 2.45) is 17.8 Å². The number of cyclic esters (lactones) is 1. The molecule has 1 aromatic rings. The smallest absolute Gasteiger partial charge is 0.317 e. The number of hydrogen-bond donors (Lipinski definition) is 10. The van der Waals surface area contributed by atoms with Crippen LogP contribution in [0.4, 0.5) is 0 Å². The van der Waals surface area contributed by atoms with E-state index in [1.165, 1.54) is 0 Å². The van der Waals surface area contributed by atoms with Crippen LogP contribution in [-0.4, -0.2) is 232 Å². The number of nitrogens with one attached hydrogen (secondary N) is 6. The Labute approximate surface area is 457 Å². The molecule has 27 nitrogen and oxygen atoms in total. The zero-order chi connectivity index (χ0) is 57.3. The lowest BCUT2D eigenvalue weighted by Gasteiger charge is -2.35.